The number of piperidine rings is 2. The summed E-state index contributed by atoms with van der Waals surface area (Å²) in [5, 5.41) is 10.5. The van der Waals surface area contributed by atoms with Crippen molar-refractivity contribution < 1.29 is 5.11 Å². The third kappa shape index (κ3) is 1.17. The number of aliphatic hydroxyl groups is 1. The lowest BCUT2D eigenvalue weighted by Gasteiger charge is -2.49. The highest BCUT2D eigenvalue weighted by molar-refractivity contribution is 5.11. The third-order valence-corrected chi connectivity index (χ3v) is 4.74. The zero-order valence-corrected chi connectivity index (χ0v) is 9.24. The first-order valence-corrected chi connectivity index (χ1v) is 6.05. The lowest BCUT2D eigenvalue weighted by atomic mass is 9.78. The van der Waals surface area contributed by atoms with Crippen LogP contribution in [0.5, 0.6) is 0 Å². The fraction of sp³-hybridized carbons (Fsp3) is 1.00. The molecule has 1 saturated carbocycles. The number of fused-ring (bicyclic) bond motifs is 2. The molecule has 3 aliphatic rings. The molecule has 2 nitrogen and oxygen atoms in total. The number of nitrogens with zero attached hydrogens (tertiary/aromatic N) is 1. The molecule has 0 aromatic rings. The smallest absolute Gasteiger partial charge is 0.0805 e. The Morgan fingerprint density at radius 3 is 2.86 bits per heavy atom. The van der Waals surface area contributed by atoms with E-state index in [4.69, 9.17) is 0 Å². The Morgan fingerprint density at radius 2 is 2.07 bits per heavy atom. The van der Waals surface area contributed by atoms with Crippen LogP contribution >= 0.6 is 0 Å². The molecule has 2 heteroatoms. The quantitative estimate of drug-likeness (QED) is 0.633. The van der Waals surface area contributed by atoms with Crippen LogP contribution in [0.2, 0.25) is 0 Å². The molecule has 3 rings (SSSR count). The topological polar surface area (TPSA) is 23.5 Å². The maximum Gasteiger partial charge on any atom is 0.0805 e. The first kappa shape index (κ1) is 9.17. The van der Waals surface area contributed by atoms with Crippen molar-refractivity contribution in [1.29, 1.82) is 0 Å². The van der Waals surface area contributed by atoms with E-state index >= 15 is 0 Å². The Bertz CT molecular complexity index is 249. The summed E-state index contributed by atoms with van der Waals surface area (Å²) < 4.78 is 0. The monoisotopic (exact) mass is 195 g/mol. The number of rotatable bonds is 0. The summed E-state index contributed by atoms with van der Waals surface area (Å²) in [5.74, 6) is 2.26. The molecule has 14 heavy (non-hydrogen) atoms. The van der Waals surface area contributed by atoms with Gasteiger partial charge >= 0.3 is 0 Å². The van der Waals surface area contributed by atoms with E-state index in [-0.39, 0.29) is 5.60 Å². The highest BCUT2D eigenvalue weighted by atomic mass is 16.3. The van der Waals surface area contributed by atoms with Gasteiger partial charge < -0.3 is 5.11 Å². The van der Waals surface area contributed by atoms with Crippen LogP contribution in [0.1, 0.15) is 33.1 Å². The van der Waals surface area contributed by atoms with E-state index in [1.807, 2.05) is 0 Å². The van der Waals surface area contributed by atoms with Crippen LogP contribution in [0.4, 0.5) is 0 Å². The van der Waals surface area contributed by atoms with Crippen molar-refractivity contribution in [3.8, 4) is 0 Å². The Hall–Kier alpha value is -0.0800. The maximum absolute atomic E-state index is 10.5. The highest BCUT2D eigenvalue weighted by Crippen LogP contribution is 2.54. The van der Waals surface area contributed by atoms with Crippen molar-refractivity contribution >= 4 is 0 Å². The third-order valence-electron chi connectivity index (χ3n) is 4.74. The first-order valence-electron chi connectivity index (χ1n) is 6.05. The lowest BCUT2D eigenvalue weighted by Crippen LogP contribution is -2.59. The van der Waals surface area contributed by atoms with Crippen LogP contribution in [-0.4, -0.2) is 34.7 Å². The summed E-state index contributed by atoms with van der Waals surface area (Å²) in [5.41, 5.74) is -0.386. The van der Waals surface area contributed by atoms with Gasteiger partial charge in [-0.25, -0.2) is 0 Å². The summed E-state index contributed by atoms with van der Waals surface area (Å²) in [6.07, 6.45) is 3.78. The molecule has 2 saturated heterocycles. The van der Waals surface area contributed by atoms with Crippen LogP contribution in [0.25, 0.3) is 0 Å². The van der Waals surface area contributed by atoms with Gasteiger partial charge in [-0.1, -0.05) is 6.92 Å². The average molecular weight is 195 g/mol. The average Bonchev–Trinajstić information content (AvgIpc) is 2.83. The van der Waals surface area contributed by atoms with E-state index in [0.29, 0.717) is 12.0 Å². The van der Waals surface area contributed by atoms with E-state index in [1.165, 1.54) is 32.4 Å². The molecule has 5 atom stereocenters. The maximum atomic E-state index is 10.5. The van der Waals surface area contributed by atoms with Crippen LogP contribution in [0.15, 0.2) is 0 Å². The van der Waals surface area contributed by atoms with Gasteiger partial charge in [0.15, 0.2) is 0 Å². The molecule has 0 spiro atoms. The van der Waals surface area contributed by atoms with Crippen molar-refractivity contribution in [3.63, 3.8) is 0 Å². The van der Waals surface area contributed by atoms with Gasteiger partial charge in [-0.2, -0.15) is 0 Å². The summed E-state index contributed by atoms with van der Waals surface area (Å²) in [6.45, 7) is 6.88. The van der Waals surface area contributed by atoms with Gasteiger partial charge in [0.2, 0.25) is 0 Å². The molecule has 1 N–H and O–H groups in total. The van der Waals surface area contributed by atoms with Gasteiger partial charge in [-0.3, -0.25) is 4.90 Å². The van der Waals surface area contributed by atoms with Crippen molar-refractivity contribution in [2.45, 2.75) is 44.8 Å². The van der Waals surface area contributed by atoms with Crippen molar-refractivity contribution in [2.75, 3.05) is 13.1 Å². The second-order valence-electron chi connectivity index (χ2n) is 5.98. The van der Waals surface area contributed by atoms with Gasteiger partial charge in [0, 0.05) is 19.1 Å². The van der Waals surface area contributed by atoms with E-state index in [2.05, 4.69) is 18.7 Å². The second kappa shape index (κ2) is 2.73. The van der Waals surface area contributed by atoms with Gasteiger partial charge in [-0.05, 0) is 43.9 Å². The van der Waals surface area contributed by atoms with Gasteiger partial charge in [-0.15, -0.1) is 0 Å². The molecule has 0 aromatic heterocycles. The predicted octanol–water partition coefficient (Wildman–Crippen LogP) is 1.49. The summed E-state index contributed by atoms with van der Waals surface area (Å²) in [7, 11) is 0. The zero-order valence-electron chi connectivity index (χ0n) is 9.24. The molecule has 2 aliphatic heterocycles. The van der Waals surface area contributed by atoms with E-state index in [9.17, 15) is 5.11 Å². The minimum absolute atomic E-state index is 0.386. The minimum Gasteiger partial charge on any atom is -0.388 e. The highest BCUT2D eigenvalue weighted by Gasteiger charge is 2.59. The molecule has 2 heterocycles. The Morgan fingerprint density at radius 1 is 1.29 bits per heavy atom. The normalized spacial score (nSPS) is 57.6. The van der Waals surface area contributed by atoms with Crippen LogP contribution in [0.3, 0.4) is 0 Å². The molecule has 0 radical (unpaired) electrons. The molecule has 0 amide bonds. The molecule has 1 aliphatic carbocycles. The standard InChI is InChI=1S/C12H21NO/c1-8-3-4-11-12(2,14)10-5-9(10)7-13(11)6-8/h8-11,14H,3-7H2,1-2H3. The van der Waals surface area contributed by atoms with Crippen molar-refractivity contribution in [1.82, 2.24) is 4.90 Å². The largest absolute Gasteiger partial charge is 0.388 e. The molecule has 0 aromatic carbocycles. The van der Waals surface area contributed by atoms with Crippen LogP contribution in [0, 0.1) is 17.8 Å². The molecule has 80 valence electrons. The zero-order chi connectivity index (χ0) is 9.92. The summed E-state index contributed by atoms with van der Waals surface area (Å²) >= 11 is 0. The molecule has 5 unspecified atom stereocenters. The fourth-order valence-electron chi connectivity index (χ4n) is 3.82. The summed E-state index contributed by atoms with van der Waals surface area (Å²) in [4.78, 5) is 2.56. The van der Waals surface area contributed by atoms with Crippen LogP contribution < -0.4 is 0 Å². The number of hydrogen-bond donors (Lipinski definition) is 1. The second-order valence-corrected chi connectivity index (χ2v) is 5.98. The van der Waals surface area contributed by atoms with Crippen molar-refractivity contribution in [3.05, 3.63) is 0 Å². The van der Waals surface area contributed by atoms with Gasteiger partial charge in [0.1, 0.15) is 0 Å². The van der Waals surface area contributed by atoms with Crippen molar-refractivity contribution in [2.24, 2.45) is 17.8 Å². The van der Waals surface area contributed by atoms with Gasteiger partial charge in [0.25, 0.3) is 0 Å². The SMILES string of the molecule is CC1CCC2N(C1)CC1CC1C2(C)O. The minimum atomic E-state index is -0.386. The summed E-state index contributed by atoms with van der Waals surface area (Å²) in [6, 6.07) is 0.461. The first-order chi connectivity index (χ1) is 6.59. The van der Waals surface area contributed by atoms with E-state index < -0.39 is 0 Å². The predicted molar refractivity (Wildman–Crippen MR) is 56.0 cm³/mol. The fourth-order valence-corrected chi connectivity index (χ4v) is 3.82. The Kier molecular flexibility index (Phi) is 1.79. The Balaban J connectivity index is 1.83. The molecular formula is C12H21NO. The van der Waals surface area contributed by atoms with Crippen LogP contribution in [-0.2, 0) is 0 Å². The number of hydrogen-bond acceptors (Lipinski definition) is 2. The van der Waals surface area contributed by atoms with E-state index in [0.717, 1.165) is 11.8 Å². The molecule has 3 fully saturated rings. The van der Waals surface area contributed by atoms with E-state index in [1.54, 1.807) is 0 Å². The van der Waals surface area contributed by atoms with Gasteiger partial charge in [0.05, 0.1) is 5.60 Å². The molecular weight excluding hydrogens is 174 g/mol. The Labute approximate surface area is 86.3 Å². The lowest BCUT2D eigenvalue weighted by molar-refractivity contribution is -0.0976. The molecule has 0 bridgehead atoms.